The van der Waals surface area contributed by atoms with Gasteiger partial charge in [0.1, 0.15) is 0 Å². The monoisotopic (exact) mass is 208 g/mol. The summed E-state index contributed by atoms with van der Waals surface area (Å²) in [5, 5.41) is 0. The minimum atomic E-state index is -0.132. The van der Waals surface area contributed by atoms with Gasteiger partial charge in [0.05, 0.1) is 0 Å². The second-order valence-electron chi connectivity index (χ2n) is 4.38. The number of amides is 2. The lowest BCUT2D eigenvalue weighted by atomic mass is 10.0. The van der Waals surface area contributed by atoms with Crippen LogP contribution in [0.15, 0.2) is 11.6 Å². The first-order chi connectivity index (χ1) is 7.09. The van der Waals surface area contributed by atoms with Gasteiger partial charge in [0.25, 0.3) is 11.8 Å². The molecule has 0 aromatic carbocycles. The van der Waals surface area contributed by atoms with Gasteiger partial charge in [0.15, 0.2) is 0 Å². The van der Waals surface area contributed by atoms with Gasteiger partial charge >= 0.3 is 0 Å². The van der Waals surface area contributed by atoms with E-state index >= 15 is 0 Å². The number of hydrogen-bond donors (Lipinski definition) is 0. The molecule has 0 N–H and O–H groups in total. The molecule has 4 heteroatoms. The smallest absolute Gasteiger partial charge is 0.256 e. The zero-order valence-corrected chi connectivity index (χ0v) is 9.19. The summed E-state index contributed by atoms with van der Waals surface area (Å²) in [4.78, 5) is 27.0. The third-order valence-corrected chi connectivity index (χ3v) is 3.19. The molecule has 2 aliphatic heterocycles. The van der Waals surface area contributed by atoms with E-state index in [0.717, 1.165) is 25.9 Å². The van der Waals surface area contributed by atoms with Gasteiger partial charge in [-0.05, 0) is 39.9 Å². The maximum atomic E-state index is 11.7. The van der Waals surface area contributed by atoms with Crippen LogP contribution in [0.4, 0.5) is 0 Å². The highest BCUT2D eigenvalue weighted by Gasteiger charge is 2.35. The summed E-state index contributed by atoms with van der Waals surface area (Å²) >= 11 is 0. The molecule has 15 heavy (non-hydrogen) atoms. The maximum Gasteiger partial charge on any atom is 0.256 e. The molecule has 2 amide bonds. The number of carbonyl (C=O) groups is 2. The molecule has 4 nitrogen and oxygen atoms in total. The highest BCUT2D eigenvalue weighted by atomic mass is 16.2. The fraction of sp³-hybridized carbons (Fsp3) is 0.636. The van der Waals surface area contributed by atoms with E-state index in [1.54, 1.807) is 6.92 Å². The maximum absolute atomic E-state index is 11.7. The third kappa shape index (κ3) is 1.81. The molecular formula is C11H16N2O2. The summed E-state index contributed by atoms with van der Waals surface area (Å²) in [5.41, 5.74) is 0.568. The first kappa shape index (κ1) is 10.4. The Hall–Kier alpha value is -1.16. The normalized spacial score (nSPS) is 24.9. The molecule has 0 aliphatic carbocycles. The third-order valence-electron chi connectivity index (χ3n) is 3.19. The van der Waals surface area contributed by atoms with E-state index in [-0.39, 0.29) is 17.9 Å². The van der Waals surface area contributed by atoms with E-state index in [1.165, 1.54) is 11.0 Å². The highest BCUT2D eigenvalue weighted by molar-refractivity contribution is 6.16. The number of nitrogens with zero attached hydrogens (tertiary/aromatic N) is 2. The second kappa shape index (κ2) is 3.77. The predicted octanol–water partition coefficient (Wildman–Crippen LogP) is 0.396. The predicted molar refractivity (Wildman–Crippen MR) is 56.1 cm³/mol. The fourth-order valence-electron chi connectivity index (χ4n) is 2.21. The molecule has 0 unspecified atom stereocenters. The quantitative estimate of drug-likeness (QED) is 0.585. The average Bonchev–Trinajstić information content (AvgIpc) is 2.44. The first-order valence-corrected chi connectivity index (χ1v) is 5.34. The molecule has 2 rings (SSSR count). The summed E-state index contributed by atoms with van der Waals surface area (Å²) in [6.07, 6.45) is 3.24. The molecule has 2 heterocycles. The van der Waals surface area contributed by atoms with E-state index in [9.17, 15) is 9.59 Å². The molecule has 0 spiro atoms. The molecular weight excluding hydrogens is 192 g/mol. The molecule has 0 aromatic heterocycles. The van der Waals surface area contributed by atoms with E-state index in [0.29, 0.717) is 5.57 Å². The van der Waals surface area contributed by atoms with Crippen LogP contribution in [0, 0.1) is 0 Å². The Morgan fingerprint density at radius 2 is 1.87 bits per heavy atom. The van der Waals surface area contributed by atoms with Crippen molar-refractivity contribution in [2.45, 2.75) is 25.8 Å². The summed E-state index contributed by atoms with van der Waals surface area (Å²) < 4.78 is 0. The second-order valence-corrected chi connectivity index (χ2v) is 4.38. The minimum Gasteiger partial charge on any atom is -0.306 e. The van der Waals surface area contributed by atoms with Gasteiger partial charge in [-0.3, -0.25) is 14.5 Å². The zero-order chi connectivity index (χ0) is 11.0. The van der Waals surface area contributed by atoms with Crippen LogP contribution in [0.1, 0.15) is 19.8 Å². The molecule has 2 aliphatic rings. The summed E-state index contributed by atoms with van der Waals surface area (Å²) in [5.74, 6) is -0.235. The van der Waals surface area contributed by atoms with E-state index in [1.807, 2.05) is 0 Å². The van der Waals surface area contributed by atoms with Crippen molar-refractivity contribution in [3.63, 3.8) is 0 Å². The summed E-state index contributed by atoms with van der Waals surface area (Å²) in [7, 11) is 2.06. The van der Waals surface area contributed by atoms with Crippen LogP contribution in [-0.2, 0) is 9.59 Å². The molecule has 0 saturated carbocycles. The van der Waals surface area contributed by atoms with Crippen LogP contribution >= 0.6 is 0 Å². The van der Waals surface area contributed by atoms with Crippen molar-refractivity contribution in [2.75, 3.05) is 20.1 Å². The number of carbonyl (C=O) groups excluding carboxylic acids is 2. The number of imide groups is 1. The lowest BCUT2D eigenvalue weighted by molar-refractivity contribution is -0.140. The summed E-state index contributed by atoms with van der Waals surface area (Å²) in [6, 6.07) is 0.106. The Labute approximate surface area is 89.5 Å². The van der Waals surface area contributed by atoms with Crippen LogP contribution in [0.2, 0.25) is 0 Å². The van der Waals surface area contributed by atoms with Crippen molar-refractivity contribution in [1.29, 1.82) is 0 Å². The van der Waals surface area contributed by atoms with Crippen LogP contribution in [0.3, 0.4) is 0 Å². The number of piperidine rings is 1. The van der Waals surface area contributed by atoms with Crippen molar-refractivity contribution in [2.24, 2.45) is 0 Å². The number of rotatable bonds is 1. The van der Waals surface area contributed by atoms with E-state index in [2.05, 4.69) is 11.9 Å². The number of likely N-dealkylation sites (tertiary alicyclic amines) is 1. The SMILES string of the molecule is CC1=CC(=O)N(C2CCN(C)CC2)C1=O. The fourth-order valence-corrected chi connectivity index (χ4v) is 2.21. The molecule has 1 fully saturated rings. The Balaban J connectivity index is 2.06. The van der Waals surface area contributed by atoms with Gasteiger partial charge in [0.2, 0.25) is 0 Å². The standard InChI is InChI=1S/C11H16N2O2/c1-8-7-10(14)13(11(8)15)9-3-5-12(2)6-4-9/h7,9H,3-6H2,1-2H3. The first-order valence-electron chi connectivity index (χ1n) is 5.34. The largest absolute Gasteiger partial charge is 0.306 e. The van der Waals surface area contributed by atoms with Gasteiger partial charge in [-0.2, -0.15) is 0 Å². The van der Waals surface area contributed by atoms with Gasteiger partial charge < -0.3 is 4.90 Å². The molecule has 0 aromatic rings. The van der Waals surface area contributed by atoms with Crippen LogP contribution in [0.5, 0.6) is 0 Å². The Kier molecular flexibility index (Phi) is 2.61. The molecule has 0 radical (unpaired) electrons. The average molecular weight is 208 g/mol. The van der Waals surface area contributed by atoms with Gasteiger partial charge in [-0.15, -0.1) is 0 Å². The Morgan fingerprint density at radius 3 is 2.33 bits per heavy atom. The van der Waals surface area contributed by atoms with Crippen LogP contribution < -0.4 is 0 Å². The summed E-state index contributed by atoms with van der Waals surface area (Å²) in [6.45, 7) is 3.62. The lowest BCUT2D eigenvalue weighted by Crippen LogP contribution is -2.46. The minimum absolute atomic E-state index is 0.102. The topological polar surface area (TPSA) is 40.6 Å². The molecule has 82 valence electrons. The molecule has 1 saturated heterocycles. The highest BCUT2D eigenvalue weighted by Crippen LogP contribution is 2.22. The zero-order valence-electron chi connectivity index (χ0n) is 9.19. The van der Waals surface area contributed by atoms with E-state index < -0.39 is 0 Å². The molecule has 0 atom stereocenters. The number of hydrogen-bond acceptors (Lipinski definition) is 3. The van der Waals surface area contributed by atoms with Crippen molar-refractivity contribution in [3.05, 3.63) is 11.6 Å². The van der Waals surface area contributed by atoms with Gasteiger partial charge in [-0.1, -0.05) is 0 Å². The van der Waals surface area contributed by atoms with Crippen molar-refractivity contribution in [3.8, 4) is 0 Å². The Bertz CT molecular complexity index is 327. The van der Waals surface area contributed by atoms with Crippen LogP contribution in [-0.4, -0.2) is 47.8 Å². The molecule has 0 bridgehead atoms. The van der Waals surface area contributed by atoms with E-state index in [4.69, 9.17) is 0 Å². The van der Waals surface area contributed by atoms with Crippen molar-refractivity contribution >= 4 is 11.8 Å². The van der Waals surface area contributed by atoms with Crippen LogP contribution in [0.25, 0.3) is 0 Å². The van der Waals surface area contributed by atoms with Gasteiger partial charge in [-0.25, -0.2) is 0 Å². The van der Waals surface area contributed by atoms with Crippen molar-refractivity contribution in [1.82, 2.24) is 9.80 Å². The van der Waals surface area contributed by atoms with Gasteiger partial charge in [0, 0.05) is 17.7 Å². The lowest BCUT2D eigenvalue weighted by Gasteiger charge is -2.33. The van der Waals surface area contributed by atoms with Crippen molar-refractivity contribution < 1.29 is 9.59 Å². The Morgan fingerprint density at radius 1 is 1.27 bits per heavy atom.